The normalized spacial score (nSPS) is 13.2. The van der Waals surface area contributed by atoms with Gasteiger partial charge < -0.3 is 19.3 Å². The van der Waals surface area contributed by atoms with E-state index < -0.39 is 0 Å². The molecule has 2 heterocycles. The van der Waals surface area contributed by atoms with Crippen molar-refractivity contribution >= 4 is 16.7 Å². The summed E-state index contributed by atoms with van der Waals surface area (Å²) in [7, 11) is 2.67. The second kappa shape index (κ2) is 22.3. The van der Waals surface area contributed by atoms with Crippen LogP contribution in [-0.4, -0.2) is 54.2 Å². The highest BCUT2D eigenvalue weighted by Crippen LogP contribution is 2.29. The molecule has 1 N–H and O–H groups in total. The molecule has 208 valence electrons. The lowest BCUT2D eigenvalue weighted by atomic mass is 10.0. The zero-order valence-corrected chi connectivity index (χ0v) is 24.7. The summed E-state index contributed by atoms with van der Waals surface area (Å²) in [6, 6.07) is 8.63. The number of piperidine rings is 1. The first kappa shape index (κ1) is 36.3. The van der Waals surface area contributed by atoms with Gasteiger partial charge in [-0.25, -0.2) is 0 Å². The van der Waals surface area contributed by atoms with Crippen molar-refractivity contribution in [3.05, 3.63) is 85.3 Å². The number of likely N-dealkylation sites (tertiary alicyclic amines) is 1. The number of nitrogens with zero attached hydrogens (tertiary/aromatic N) is 2. The van der Waals surface area contributed by atoms with E-state index in [0.29, 0.717) is 6.04 Å². The number of ketones is 1. The third-order valence-electron chi connectivity index (χ3n) is 5.65. The van der Waals surface area contributed by atoms with Crippen molar-refractivity contribution in [2.45, 2.75) is 66.8 Å². The van der Waals surface area contributed by atoms with Gasteiger partial charge in [0.05, 0.1) is 7.11 Å². The molecule has 1 aliphatic heterocycles. The molecule has 1 saturated heterocycles. The van der Waals surface area contributed by atoms with Crippen LogP contribution in [0, 0.1) is 0 Å². The van der Waals surface area contributed by atoms with Crippen LogP contribution in [0.2, 0.25) is 0 Å². The Balaban J connectivity index is 0. The molecule has 37 heavy (non-hydrogen) atoms. The molecule has 1 aromatic heterocycles. The van der Waals surface area contributed by atoms with Crippen LogP contribution in [0.15, 0.2) is 79.8 Å². The lowest BCUT2D eigenvalue weighted by molar-refractivity contribution is 0.101. The Morgan fingerprint density at radius 1 is 1.11 bits per heavy atom. The Hall–Kier alpha value is -2.89. The topological polar surface area (TPSA) is 54.7 Å². The Morgan fingerprint density at radius 2 is 1.68 bits per heavy atom. The molecule has 2 aromatic rings. The van der Waals surface area contributed by atoms with E-state index in [1.54, 1.807) is 26.2 Å². The standard InChI is InChI=1S/C24H30N2O2.C3H6.2C2H6.CH4O/c1-5-6-24(28-4)18(2)9-13-25-14-11-22(12-15-25)26-16-10-20-7-8-21(19(3)27)17-23(20)26;1-3-2;3*1-2/h5-8,10,16-17,22H,1-2,9,11-15H2,3-4H3;3H,1H2,2H3;2*1-2H3;2H,1H3/b24-6+;;;;. The summed E-state index contributed by atoms with van der Waals surface area (Å²) >= 11 is 0. The van der Waals surface area contributed by atoms with E-state index >= 15 is 0 Å². The monoisotopic (exact) mass is 512 g/mol. The fourth-order valence-corrected chi connectivity index (χ4v) is 3.96. The minimum absolute atomic E-state index is 0.116. The fourth-order valence-electron chi connectivity index (χ4n) is 3.96. The quantitative estimate of drug-likeness (QED) is 0.168. The molecule has 0 atom stereocenters. The van der Waals surface area contributed by atoms with E-state index in [2.05, 4.69) is 41.5 Å². The first-order chi connectivity index (χ1) is 17.9. The van der Waals surface area contributed by atoms with E-state index in [1.807, 2.05) is 58.9 Å². The number of aliphatic hydroxyl groups excluding tert-OH is 1. The number of benzene rings is 1. The minimum Gasteiger partial charge on any atom is -0.497 e. The van der Waals surface area contributed by atoms with E-state index in [0.717, 1.165) is 62.9 Å². The van der Waals surface area contributed by atoms with E-state index in [1.165, 1.54) is 10.9 Å². The molecule has 5 heteroatoms. The molecule has 0 bridgehead atoms. The highest BCUT2D eigenvalue weighted by atomic mass is 16.5. The summed E-state index contributed by atoms with van der Waals surface area (Å²) < 4.78 is 7.73. The van der Waals surface area contributed by atoms with Gasteiger partial charge in [0.25, 0.3) is 0 Å². The molecule has 1 fully saturated rings. The zero-order chi connectivity index (χ0) is 28.8. The van der Waals surface area contributed by atoms with Crippen molar-refractivity contribution < 1.29 is 14.6 Å². The maximum Gasteiger partial charge on any atom is 0.159 e. The fraction of sp³-hybridized carbons (Fsp3) is 0.469. The number of rotatable bonds is 8. The van der Waals surface area contributed by atoms with Gasteiger partial charge in [-0.2, -0.15) is 0 Å². The number of carbonyl (C=O) groups is 1. The molecule has 0 spiro atoms. The number of aromatic nitrogens is 1. The maximum absolute atomic E-state index is 11.7. The van der Waals surface area contributed by atoms with Gasteiger partial charge in [0.2, 0.25) is 0 Å². The number of ether oxygens (including phenoxy) is 1. The summed E-state index contributed by atoms with van der Waals surface area (Å²) in [6.07, 6.45) is 10.6. The van der Waals surface area contributed by atoms with Crippen molar-refractivity contribution in [3.63, 3.8) is 0 Å². The molecule has 0 aliphatic carbocycles. The van der Waals surface area contributed by atoms with Crippen molar-refractivity contribution in [3.8, 4) is 0 Å². The van der Waals surface area contributed by atoms with E-state index in [9.17, 15) is 4.79 Å². The predicted octanol–water partition coefficient (Wildman–Crippen LogP) is 8.00. The largest absolute Gasteiger partial charge is 0.497 e. The molecule has 5 nitrogen and oxygen atoms in total. The number of fused-ring (bicyclic) bond motifs is 1. The average Bonchev–Trinajstić information content (AvgIpc) is 3.38. The van der Waals surface area contributed by atoms with Gasteiger partial charge in [0.1, 0.15) is 5.76 Å². The van der Waals surface area contributed by atoms with Crippen molar-refractivity contribution in [1.29, 1.82) is 0 Å². The Morgan fingerprint density at radius 3 is 2.16 bits per heavy atom. The molecule has 0 amide bonds. The molecule has 0 unspecified atom stereocenters. The zero-order valence-electron chi connectivity index (χ0n) is 24.7. The number of hydrogen-bond donors (Lipinski definition) is 1. The van der Waals surface area contributed by atoms with Crippen LogP contribution in [0.4, 0.5) is 0 Å². The first-order valence-electron chi connectivity index (χ1n) is 13.4. The predicted molar refractivity (Wildman–Crippen MR) is 162 cm³/mol. The molecular weight excluding hydrogens is 460 g/mol. The summed E-state index contributed by atoms with van der Waals surface area (Å²) in [5, 5.41) is 8.20. The SMILES string of the molecule is C=C/C=C(/OC)C(=C)CCN1CCC(n2ccc3ccc(C(C)=O)cc32)CC1.C=CC.CC.CC.CO. The number of methoxy groups -OCH3 is 1. The number of carbonyl (C=O) groups excluding carboxylic acids is 1. The van der Waals surface area contributed by atoms with Gasteiger partial charge in [-0.3, -0.25) is 4.79 Å². The van der Waals surface area contributed by atoms with Gasteiger partial charge in [0, 0.05) is 50.1 Å². The number of allylic oxidation sites excluding steroid dienone is 4. The smallest absolute Gasteiger partial charge is 0.159 e. The average molecular weight is 513 g/mol. The second-order valence-electron chi connectivity index (χ2n) is 7.86. The molecule has 1 aliphatic rings. The molecule has 1 aromatic carbocycles. The third-order valence-corrected chi connectivity index (χ3v) is 5.65. The highest BCUT2D eigenvalue weighted by Gasteiger charge is 2.21. The number of Topliss-reactive ketones (excluding diaryl/α,β-unsaturated/α-hetero) is 1. The van der Waals surface area contributed by atoms with Crippen LogP contribution in [0.1, 0.15) is 77.2 Å². The van der Waals surface area contributed by atoms with Crippen LogP contribution in [0.3, 0.4) is 0 Å². The van der Waals surface area contributed by atoms with Gasteiger partial charge in [-0.1, -0.05) is 65.1 Å². The third kappa shape index (κ3) is 12.3. The Bertz CT molecular complexity index is 948. The van der Waals surface area contributed by atoms with Crippen molar-refractivity contribution in [1.82, 2.24) is 9.47 Å². The molecule has 0 saturated carbocycles. The van der Waals surface area contributed by atoms with Crippen LogP contribution >= 0.6 is 0 Å². The summed E-state index contributed by atoms with van der Waals surface area (Å²) in [4.78, 5) is 14.2. The highest BCUT2D eigenvalue weighted by molar-refractivity contribution is 5.97. The summed E-state index contributed by atoms with van der Waals surface area (Å²) in [5.41, 5.74) is 2.96. The van der Waals surface area contributed by atoms with Gasteiger partial charge in [0.15, 0.2) is 5.78 Å². The maximum atomic E-state index is 11.7. The number of hydrogen-bond acceptors (Lipinski definition) is 4. The van der Waals surface area contributed by atoms with E-state index in [4.69, 9.17) is 9.84 Å². The van der Waals surface area contributed by atoms with Crippen molar-refractivity contribution in [2.24, 2.45) is 0 Å². The van der Waals surface area contributed by atoms with Gasteiger partial charge in [-0.15, -0.1) is 6.58 Å². The summed E-state index contributed by atoms with van der Waals surface area (Å²) in [5.74, 6) is 0.926. The van der Waals surface area contributed by atoms with Crippen LogP contribution < -0.4 is 0 Å². The Labute approximate surface area is 226 Å². The second-order valence-corrected chi connectivity index (χ2v) is 7.86. The van der Waals surface area contributed by atoms with Crippen LogP contribution in [0.25, 0.3) is 10.9 Å². The van der Waals surface area contributed by atoms with Crippen molar-refractivity contribution in [2.75, 3.05) is 33.9 Å². The summed E-state index contributed by atoms with van der Waals surface area (Å²) in [6.45, 7) is 25.9. The first-order valence-corrected chi connectivity index (χ1v) is 13.4. The minimum atomic E-state index is 0.116. The van der Waals surface area contributed by atoms with Gasteiger partial charge >= 0.3 is 0 Å². The van der Waals surface area contributed by atoms with Crippen LogP contribution in [-0.2, 0) is 4.74 Å². The molecule has 0 radical (unpaired) electrons. The van der Waals surface area contributed by atoms with E-state index in [-0.39, 0.29) is 5.78 Å². The van der Waals surface area contributed by atoms with Gasteiger partial charge in [-0.05, 0) is 62.3 Å². The lowest BCUT2D eigenvalue weighted by Crippen LogP contribution is -2.35. The number of aliphatic hydroxyl groups is 1. The molecule has 3 rings (SSSR count). The molecular formula is C32H52N2O3. The lowest BCUT2D eigenvalue weighted by Gasteiger charge is -2.33. The Kier molecular flexibility index (Phi) is 21.9. The van der Waals surface area contributed by atoms with Crippen LogP contribution in [0.5, 0.6) is 0 Å².